The molecule has 0 bridgehead atoms. The summed E-state index contributed by atoms with van der Waals surface area (Å²) >= 11 is 0. The molecule has 0 aliphatic heterocycles. The predicted octanol–water partition coefficient (Wildman–Crippen LogP) is 1.56. The van der Waals surface area contributed by atoms with Gasteiger partial charge in [-0.2, -0.15) is 16.8 Å². The maximum absolute atomic E-state index is 11.8. The average molecular weight is 431 g/mol. The molecule has 9 nitrogen and oxygen atoms in total. The molecule has 0 fully saturated rings. The number of carbonyl (C=O) groups excluding carboxylic acids is 2. The molecule has 2 atom stereocenters. The molecule has 0 saturated heterocycles. The Hall–Kier alpha value is -1.04. The SMILES string of the molecule is CC(=O)C(C)OS(=O)(=O)CCCCCCS(=O)(=O)OC(C)C(=O)OC(C)C. The van der Waals surface area contributed by atoms with E-state index in [0.717, 1.165) is 0 Å². The van der Waals surface area contributed by atoms with Crippen molar-refractivity contribution in [3.05, 3.63) is 0 Å². The van der Waals surface area contributed by atoms with E-state index in [1.165, 1.54) is 20.8 Å². The van der Waals surface area contributed by atoms with Crippen LogP contribution in [-0.2, 0) is 42.9 Å². The quantitative estimate of drug-likeness (QED) is 0.229. The smallest absolute Gasteiger partial charge is 0.336 e. The van der Waals surface area contributed by atoms with Gasteiger partial charge in [0.2, 0.25) is 0 Å². The molecule has 0 heterocycles. The van der Waals surface area contributed by atoms with Crippen LogP contribution in [0.4, 0.5) is 0 Å². The minimum absolute atomic E-state index is 0.244. The van der Waals surface area contributed by atoms with Crippen molar-refractivity contribution in [2.24, 2.45) is 0 Å². The molecule has 160 valence electrons. The summed E-state index contributed by atoms with van der Waals surface area (Å²) in [6, 6.07) is 0. The van der Waals surface area contributed by atoms with E-state index in [4.69, 9.17) is 13.1 Å². The van der Waals surface area contributed by atoms with E-state index in [0.29, 0.717) is 12.8 Å². The van der Waals surface area contributed by atoms with E-state index < -0.39 is 38.4 Å². The summed E-state index contributed by atoms with van der Waals surface area (Å²) in [5.74, 6) is -1.66. The van der Waals surface area contributed by atoms with Gasteiger partial charge in [-0.25, -0.2) is 4.79 Å². The molecule has 0 aromatic rings. The van der Waals surface area contributed by atoms with Gasteiger partial charge in [-0.3, -0.25) is 13.2 Å². The maximum Gasteiger partial charge on any atom is 0.336 e. The van der Waals surface area contributed by atoms with Gasteiger partial charge in [-0.05, 0) is 47.5 Å². The van der Waals surface area contributed by atoms with Crippen molar-refractivity contribution in [2.75, 3.05) is 11.5 Å². The number of ether oxygens (including phenoxy) is 1. The molecular weight excluding hydrogens is 400 g/mol. The Balaban J connectivity index is 4.13. The lowest BCUT2D eigenvalue weighted by Gasteiger charge is -2.14. The molecule has 27 heavy (non-hydrogen) atoms. The summed E-state index contributed by atoms with van der Waals surface area (Å²) in [5.41, 5.74) is 0. The van der Waals surface area contributed by atoms with Gasteiger partial charge in [0.1, 0.15) is 6.10 Å². The van der Waals surface area contributed by atoms with Crippen molar-refractivity contribution in [2.45, 2.75) is 78.6 Å². The molecule has 0 aliphatic rings. The van der Waals surface area contributed by atoms with Crippen LogP contribution in [0.25, 0.3) is 0 Å². The Kier molecular flexibility index (Phi) is 11.3. The van der Waals surface area contributed by atoms with Crippen LogP contribution in [0.5, 0.6) is 0 Å². The lowest BCUT2D eigenvalue weighted by molar-refractivity contribution is -0.154. The summed E-state index contributed by atoms with van der Waals surface area (Å²) in [4.78, 5) is 22.6. The zero-order valence-corrected chi connectivity index (χ0v) is 18.1. The van der Waals surface area contributed by atoms with Crippen molar-refractivity contribution in [3.8, 4) is 0 Å². The molecular formula is C16H30O9S2. The molecule has 2 unspecified atom stereocenters. The Morgan fingerprint density at radius 2 is 1.15 bits per heavy atom. The Morgan fingerprint density at radius 1 is 0.741 bits per heavy atom. The minimum Gasteiger partial charge on any atom is -0.461 e. The number of ketones is 1. The van der Waals surface area contributed by atoms with E-state index in [1.807, 2.05) is 0 Å². The molecule has 0 aromatic heterocycles. The number of carbonyl (C=O) groups is 2. The third kappa shape index (κ3) is 12.9. The van der Waals surface area contributed by atoms with Crippen LogP contribution in [0.3, 0.4) is 0 Å². The van der Waals surface area contributed by atoms with Crippen molar-refractivity contribution >= 4 is 32.0 Å². The first-order chi connectivity index (χ1) is 12.3. The molecule has 0 amide bonds. The van der Waals surface area contributed by atoms with E-state index in [9.17, 15) is 26.4 Å². The normalized spacial score (nSPS) is 14.7. The third-order valence-corrected chi connectivity index (χ3v) is 6.12. The van der Waals surface area contributed by atoms with E-state index in [1.54, 1.807) is 13.8 Å². The summed E-state index contributed by atoms with van der Waals surface area (Å²) in [5, 5.41) is 0. The number of esters is 1. The first-order valence-electron chi connectivity index (χ1n) is 8.78. The van der Waals surface area contributed by atoms with Crippen LogP contribution in [0.1, 0.15) is 60.3 Å². The van der Waals surface area contributed by atoms with E-state index >= 15 is 0 Å². The van der Waals surface area contributed by atoms with E-state index in [-0.39, 0.29) is 36.2 Å². The first-order valence-corrected chi connectivity index (χ1v) is 11.9. The van der Waals surface area contributed by atoms with Gasteiger partial charge in [0.25, 0.3) is 20.2 Å². The highest BCUT2D eigenvalue weighted by atomic mass is 32.2. The second-order valence-electron chi connectivity index (χ2n) is 6.51. The molecule has 0 spiro atoms. The monoisotopic (exact) mass is 430 g/mol. The zero-order valence-electron chi connectivity index (χ0n) is 16.5. The van der Waals surface area contributed by atoms with Gasteiger partial charge in [0, 0.05) is 0 Å². The molecule has 0 rings (SSSR count). The highest BCUT2D eigenvalue weighted by Crippen LogP contribution is 2.10. The second kappa shape index (κ2) is 11.7. The lowest BCUT2D eigenvalue weighted by atomic mass is 10.2. The summed E-state index contributed by atoms with van der Waals surface area (Å²) in [6.45, 7) is 7.19. The summed E-state index contributed by atoms with van der Waals surface area (Å²) < 4.78 is 61.4. The molecule has 0 aromatic carbocycles. The van der Waals surface area contributed by atoms with Gasteiger partial charge in [-0.15, -0.1) is 0 Å². The predicted molar refractivity (Wildman–Crippen MR) is 99.0 cm³/mol. The van der Waals surface area contributed by atoms with Crippen molar-refractivity contribution in [1.29, 1.82) is 0 Å². The topological polar surface area (TPSA) is 130 Å². The highest BCUT2D eigenvalue weighted by molar-refractivity contribution is 7.87. The van der Waals surface area contributed by atoms with Gasteiger partial charge in [0.15, 0.2) is 11.9 Å². The molecule has 0 radical (unpaired) electrons. The van der Waals surface area contributed by atoms with Gasteiger partial charge < -0.3 is 4.74 Å². The van der Waals surface area contributed by atoms with Crippen LogP contribution in [0.15, 0.2) is 0 Å². The maximum atomic E-state index is 11.8. The van der Waals surface area contributed by atoms with Crippen LogP contribution < -0.4 is 0 Å². The second-order valence-corrected chi connectivity index (χ2v) is 9.94. The van der Waals surface area contributed by atoms with Crippen LogP contribution in [-0.4, -0.2) is 58.4 Å². The molecule has 0 saturated carbocycles. The Labute approximate surface area is 162 Å². The third-order valence-electron chi connectivity index (χ3n) is 3.38. The summed E-state index contributed by atoms with van der Waals surface area (Å²) in [6.07, 6.45) is -1.12. The number of unbranched alkanes of at least 4 members (excludes halogenated alkanes) is 3. The van der Waals surface area contributed by atoms with Crippen molar-refractivity contribution < 1.29 is 39.5 Å². The van der Waals surface area contributed by atoms with Crippen molar-refractivity contribution in [3.63, 3.8) is 0 Å². The fourth-order valence-electron chi connectivity index (χ4n) is 1.88. The summed E-state index contributed by atoms with van der Waals surface area (Å²) in [7, 11) is -7.68. The zero-order chi connectivity index (χ0) is 21.3. The fourth-order valence-corrected chi connectivity index (χ4v) is 4.28. The highest BCUT2D eigenvalue weighted by Gasteiger charge is 2.24. The van der Waals surface area contributed by atoms with Gasteiger partial charge in [0.05, 0.1) is 17.6 Å². The number of rotatable bonds is 14. The Morgan fingerprint density at radius 3 is 1.52 bits per heavy atom. The largest absolute Gasteiger partial charge is 0.461 e. The lowest BCUT2D eigenvalue weighted by Crippen LogP contribution is -2.29. The molecule has 0 aliphatic carbocycles. The Bertz CT molecular complexity index is 681. The first kappa shape index (κ1) is 26.0. The van der Waals surface area contributed by atoms with E-state index in [2.05, 4.69) is 0 Å². The number of Topliss-reactive ketones (excluding diaryl/α,β-unsaturated/α-hetero) is 1. The average Bonchev–Trinajstić information content (AvgIpc) is 2.48. The number of hydrogen-bond donors (Lipinski definition) is 0. The van der Waals surface area contributed by atoms with Crippen LogP contribution in [0, 0.1) is 0 Å². The van der Waals surface area contributed by atoms with Gasteiger partial charge in [-0.1, -0.05) is 12.8 Å². The van der Waals surface area contributed by atoms with Gasteiger partial charge >= 0.3 is 5.97 Å². The van der Waals surface area contributed by atoms with Crippen molar-refractivity contribution in [1.82, 2.24) is 0 Å². The minimum atomic E-state index is -3.88. The fraction of sp³-hybridized carbons (Fsp3) is 0.875. The van der Waals surface area contributed by atoms with Crippen LogP contribution in [0.2, 0.25) is 0 Å². The van der Waals surface area contributed by atoms with Crippen LogP contribution >= 0.6 is 0 Å². The number of hydrogen-bond acceptors (Lipinski definition) is 9. The standard InChI is InChI=1S/C16H30O9S2/c1-12(2)23-16(18)15(5)25-27(21,22)11-9-7-6-8-10-26(19,20)24-14(4)13(3)17/h12,14-15H,6-11H2,1-5H3. The molecule has 0 N–H and O–H groups in total. The molecule has 11 heteroatoms.